The van der Waals surface area contributed by atoms with Crippen molar-refractivity contribution in [3.63, 3.8) is 0 Å². The van der Waals surface area contributed by atoms with E-state index in [0.29, 0.717) is 15.9 Å². The van der Waals surface area contributed by atoms with Crippen LogP contribution in [0.5, 0.6) is 0 Å². The van der Waals surface area contributed by atoms with Gasteiger partial charge in [0.25, 0.3) is 0 Å². The minimum atomic E-state index is -4.64. The fourth-order valence-corrected chi connectivity index (χ4v) is 10.3. The molecule has 0 bridgehead atoms. The van der Waals surface area contributed by atoms with Crippen LogP contribution in [0.15, 0.2) is 114 Å². The summed E-state index contributed by atoms with van der Waals surface area (Å²) in [6.45, 7) is 0. The van der Waals surface area contributed by atoms with Gasteiger partial charge in [0.1, 0.15) is 0 Å². The Morgan fingerprint density at radius 2 is 0.943 bits per heavy atom. The normalized spacial score (nSPS) is 12.1. The van der Waals surface area contributed by atoms with E-state index in [2.05, 4.69) is 0 Å². The average Bonchev–Trinajstić information content (AvgIpc) is 2.88. The molecule has 0 spiro atoms. The van der Waals surface area contributed by atoms with Gasteiger partial charge in [0.2, 0.25) is 0 Å². The zero-order chi connectivity index (χ0) is 25.1. The molecule has 0 aromatic heterocycles. The monoisotopic (exact) mass is 508 g/mol. The van der Waals surface area contributed by atoms with E-state index in [-0.39, 0.29) is 0 Å². The summed E-state index contributed by atoms with van der Waals surface area (Å²) in [6, 6.07) is 29.6. The molecule has 0 saturated carbocycles. The van der Waals surface area contributed by atoms with Crippen LogP contribution in [0.3, 0.4) is 0 Å². The average molecular weight is 508 g/mol. The summed E-state index contributed by atoms with van der Waals surface area (Å²) in [5, 5.41) is 20.8. The first kappa shape index (κ1) is 24.3. The van der Waals surface area contributed by atoms with E-state index in [1.54, 1.807) is 72.8 Å². The standard InChI is InChI=1S/C26H21O7PS/c27-25(28)19-16-20(26(29)30)18-24(17-19)35(31,32)33-34(21-10-4-1-5-11-21,22-12-6-2-7-13-22)23-14-8-3-9-15-23/h1-18,34H,(H,27,28)(H,29,30). The molecule has 7 nitrogen and oxygen atoms in total. The maximum absolute atomic E-state index is 13.7. The third-order valence-electron chi connectivity index (χ3n) is 5.46. The van der Waals surface area contributed by atoms with Crippen molar-refractivity contribution in [2.75, 3.05) is 0 Å². The summed E-state index contributed by atoms with van der Waals surface area (Å²) in [6.07, 6.45) is 0. The van der Waals surface area contributed by atoms with Crippen LogP contribution < -0.4 is 15.9 Å². The van der Waals surface area contributed by atoms with Gasteiger partial charge in [0.05, 0.1) is 0 Å². The summed E-state index contributed by atoms with van der Waals surface area (Å²) in [5.74, 6) is -2.91. The van der Waals surface area contributed by atoms with Crippen molar-refractivity contribution in [3.05, 3.63) is 120 Å². The first-order valence-electron chi connectivity index (χ1n) is 10.5. The first-order valence-corrected chi connectivity index (χ1v) is 13.8. The van der Waals surface area contributed by atoms with Crippen LogP contribution in [0, 0.1) is 0 Å². The Morgan fingerprint density at radius 1 is 0.600 bits per heavy atom. The van der Waals surface area contributed by atoms with Crippen molar-refractivity contribution >= 4 is 45.5 Å². The molecule has 4 rings (SSSR count). The molecule has 4 aromatic rings. The van der Waals surface area contributed by atoms with Gasteiger partial charge in [-0.2, -0.15) is 0 Å². The fourth-order valence-electron chi connectivity index (χ4n) is 3.87. The Balaban J connectivity index is 2.00. The Morgan fingerprint density at radius 3 is 1.26 bits per heavy atom. The van der Waals surface area contributed by atoms with Gasteiger partial charge >= 0.3 is 203 Å². The fraction of sp³-hybridized carbons (Fsp3) is 0. The molecule has 4 aromatic carbocycles. The second kappa shape index (κ2) is 9.80. The third kappa shape index (κ3) is 4.86. The van der Waals surface area contributed by atoms with Crippen LogP contribution in [0.2, 0.25) is 0 Å². The van der Waals surface area contributed by atoms with Crippen LogP contribution in [0.1, 0.15) is 20.7 Å². The Kier molecular flexibility index (Phi) is 6.80. The van der Waals surface area contributed by atoms with Crippen molar-refractivity contribution in [3.8, 4) is 0 Å². The summed E-state index contributed by atoms with van der Waals surface area (Å²) in [7, 11) is -8.35. The summed E-state index contributed by atoms with van der Waals surface area (Å²) in [5.41, 5.74) is -0.947. The maximum atomic E-state index is 13.7. The Hall–Kier alpha value is -3.84. The molecule has 35 heavy (non-hydrogen) atoms. The van der Waals surface area contributed by atoms with Crippen molar-refractivity contribution in [2.45, 2.75) is 4.90 Å². The van der Waals surface area contributed by atoms with E-state index in [0.717, 1.165) is 18.2 Å². The second-order valence-corrected chi connectivity index (χ2v) is 12.8. The van der Waals surface area contributed by atoms with Crippen LogP contribution >= 0.6 is 7.49 Å². The molecule has 0 aliphatic carbocycles. The minimum absolute atomic E-state index is 0.474. The van der Waals surface area contributed by atoms with Crippen LogP contribution in [0.25, 0.3) is 0 Å². The van der Waals surface area contributed by atoms with Crippen LogP contribution in [0.4, 0.5) is 0 Å². The van der Waals surface area contributed by atoms with E-state index in [1.165, 1.54) is 0 Å². The molecule has 0 amide bonds. The van der Waals surface area contributed by atoms with Gasteiger partial charge in [-0.25, -0.2) is 0 Å². The molecule has 0 radical (unpaired) electrons. The number of hydrogen-bond acceptors (Lipinski definition) is 5. The predicted octanol–water partition coefficient (Wildman–Crippen LogP) is 3.43. The zero-order valence-electron chi connectivity index (χ0n) is 18.2. The van der Waals surface area contributed by atoms with Crippen LogP contribution in [-0.4, -0.2) is 30.6 Å². The van der Waals surface area contributed by atoms with Crippen molar-refractivity contribution in [2.24, 2.45) is 0 Å². The SMILES string of the molecule is O=C(O)c1cc(C(=O)O)cc(S(=O)(=O)O[PH](c2ccccc2)(c2ccccc2)c2ccccc2)c1. The van der Waals surface area contributed by atoms with E-state index in [1.807, 2.05) is 18.2 Å². The number of carboxylic acids is 2. The second-order valence-electron chi connectivity index (χ2n) is 7.67. The van der Waals surface area contributed by atoms with E-state index in [9.17, 15) is 28.2 Å². The topological polar surface area (TPSA) is 118 Å². The number of rotatable bonds is 8. The quantitative estimate of drug-likeness (QED) is 0.350. The van der Waals surface area contributed by atoms with Crippen molar-refractivity contribution < 1.29 is 32.2 Å². The molecule has 0 saturated heterocycles. The molecular weight excluding hydrogens is 487 g/mol. The number of aromatic carboxylic acids is 2. The van der Waals surface area contributed by atoms with Gasteiger partial charge < -0.3 is 0 Å². The number of benzene rings is 4. The summed E-state index contributed by atoms with van der Waals surface area (Å²) < 4.78 is 33.7. The van der Waals surface area contributed by atoms with E-state index < -0.39 is 45.6 Å². The summed E-state index contributed by atoms with van der Waals surface area (Å²) in [4.78, 5) is 22.6. The molecule has 0 heterocycles. The van der Waals surface area contributed by atoms with Crippen molar-refractivity contribution in [1.82, 2.24) is 0 Å². The predicted molar refractivity (Wildman–Crippen MR) is 135 cm³/mol. The Labute approximate surface area is 202 Å². The molecule has 9 heteroatoms. The first-order chi connectivity index (χ1) is 16.7. The van der Waals surface area contributed by atoms with Crippen molar-refractivity contribution in [1.29, 1.82) is 0 Å². The number of hydrogen-bond donors (Lipinski definition) is 2. The number of carbonyl (C=O) groups is 2. The van der Waals surface area contributed by atoms with Gasteiger partial charge in [0, 0.05) is 0 Å². The zero-order valence-corrected chi connectivity index (χ0v) is 20.1. The molecule has 0 aliphatic rings. The van der Waals surface area contributed by atoms with E-state index >= 15 is 0 Å². The van der Waals surface area contributed by atoms with Gasteiger partial charge in [-0.1, -0.05) is 0 Å². The van der Waals surface area contributed by atoms with Gasteiger partial charge in [0.15, 0.2) is 0 Å². The molecular formula is C26H21O7PS. The molecule has 178 valence electrons. The molecule has 0 aliphatic heterocycles. The van der Waals surface area contributed by atoms with Gasteiger partial charge in [-0.3, -0.25) is 0 Å². The van der Waals surface area contributed by atoms with Gasteiger partial charge in [-0.15, -0.1) is 0 Å². The molecule has 0 atom stereocenters. The Bertz CT molecular complexity index is 1340. The van der Waals surface area contributed by atoms with E-state index in [4.69, 9.17) is 3.97 Å². The van der Waals surface area contributed by atoms with Crippen LogP contribution in [-0.2, 0) is 14.1 Å². The molecule has 0 unspecified atom stereocenters. The summed E-state index contributed by atoms with van der Waals surface area (Å²) >= 11 is 0. The third-order valence-corrected chi connectivity index (χ3v) is 11.6. The number of carboxylic acid groups (broad SMARTS) is 2. The molecule has 2 N–H and O–H groups in total. The molecule has 0 fully saturated rings. The van der Waals surface area contributed by atoms with Gasteiger partial charge in [-0.05, 0) is 0 Å².